The highest BCUT2D eigenvalue weighted by Crippen LogP contribution is 2.30. The van der Waals surface area contributed by atoms with Crippen molar-refractivity contribution in [2.45, 2.75) is 50.0 Å². The van der Waals surface area contributed by atoms with Crippen molar-refractivity contribution in [3.05, 3.63) is 89.1 Å². The molecule has 0 atom stereocenters. The first kappa shape index (κ1) is 24.5. The largest absolute Gasteiger partial charge is 0.496 e. The van der Waals surface area contributed by atoms with Crippen molar-refractivity contribution < 1.29 is 31.6 Å². The minimum absolute atomic E-state index is 0.0240. The van der Waals surface area contributed by atoms with E-state index in [0.29, 0.717) is 35.0 Å². The van der Waals surface area contributed by atoms with E-state index in [-0.39, 0.29) is 27.3 Å². The summed E-state index contributed by atoms with van der Waals surface area (Å²) in [5.74, 6) is -0.846. The van der Waals surface area contributed by atoms with Gasteiger partial charge in [0, 0.05) is 44.5 Å². The number of ether oxygens (including phenoxy) is 2. The summed E-state index contributed by atoms with van der Waals surface area (Å²) in [6, 6.07) is 15.4. The van der Waals surface area contributed by atoms with Crippen LogP contribution >= 0.6 is 0 Å². The molecule has 1 aliphatic carbocycles. The maximum atomic E-state index is 13.0. The molecule has 5 rings (SSSR count). The van der Waals surface area contributed by atoms with Crippen LogP contribution in [0.15, 0.2) is 71.8 Å². The van der Waals surface area contributed by atoms with Gasteiger partial charge in [0.1, 0.15) is 11.8 Å². The van der Waals surface area contributed by atoms with Crippen molar-refractivity contribution in [3.63, 3.8) is 0 Å². The Morgan fingerprint density at radius 2 is 1.83 bits per heavy atom. The Kier molecular flexibility index (Phi) is 6.96. The Labute approximate surface area is 243 Å². The second-order valence-electron chi connectivity index (χ2n) is 9.89. The van der Waals surface area contributed by atoms with Gasteiger partial charge in [-0.2, -0.15) is 0 Å². The third-order valence-electron chi connectivity index (χ3n) is 6.98. The second kappa shape index (κ2) is 11.7. The summed E-state index contributed by atoms with van der Waals surface area (Å²) in [5.41, 5.74) is 1.91. The molecule has 10 heteroatoms. The molecular formula is C31H33N3O6S. The van der Waals surface area contributed by atoms with Crippen LogP contribution in [0.25, 0.3) is 10.9 Å². The van der Waals surface area contributed by atoms with Gasteiger partial charge in [-0.25, -0.2) is 17.9 Å². The zero-order valence-corrected chi connectivity index (χ0v) is 23.8. The third-order valence-corrected chi connectivity index (χ3v) is 8.47. The average molecular weight is 579 g/mol. The molecule has 0 spiro atoms. The number of sulfonamides is 1. The van der Waals surface area contributed by atoms with Crippen LogP contribution in [0.5, 0.6) is 5.75 Å². The number of methoxy groups -OCH3 is 1. The van der Waals surface area contributed by atoms with Crippen LogP contribution in [0.3, 0.4) is 0 Å². The summed E-state index contributed by atoms with van der Waals surface area (Å²) in [4.78, 5) is 25.5. The fraction of sp³-hybridized carbons (Fsp3) is 0.290. The topological polar surface area (TPSA) is 116 Å². The van der Waals surface area contributed by atoms with Crippen molar-refractivity contribution in [2.24, 2.45) is 7.05 Å². The SMILES string of the molecule is [2H]C1(OC(=O)Nc2ccc3c(c2)c(C([2H])([2H])c2ccc(C(=O)NS(=O)(=O)c4ccccc4C)cc2OC)cn3C)CCCC1. The number of aromatic nitrogens is 1. The van der Waals surface area contributed by atoms with Crippen LogP contribution in [-0.4, -0.2) is 38.2 Å². The first-order valence-corrected chi connectivity index (χ1v) is 14.6. The minimum Gasteiger partial charge on any atom is -0.496 e. The molecule has 2 N–H and O–H groups in total. The molecule has 0 unspecified atom stereocenters. The third kappa shape index (κ3) is 6.22. The quantitative estimate of drug-likeness (QED) is 0.277. The van der Waals surface area contributed by atoms with Crippen molar-refractivity contribution in [1.82, 2.24) is 9.29 Å². The maximum absolute atomic E-state index is 13.0. The fourth-order valence-corrected chi connectivity index (χ4v) is 6.11. The van der Waals surface area contributed by atoms with Gasteiger partial charge in [0.15, 0.2) is 0 Å². The van der Waals surface area contributed by atoms with Gasteiger partial charge in [0.25, 0.3) is 15.9 Å². The Balaban J connectivity index is 1.43. The van der Waals surface area contributed by atoms with Crippen molar-refractivity contribution >= 4 is 38.6 Å². The molecule has 1 aromatic heterocycles. The zero-order valence-electron chi connectivity index (χ0n) is 26.0. The van der Waals surface area contributed by atoms with Crippen LogP contribution in [0.2, 0.25) is 0 Å². The van der Waals surface area contributed by atoms with Crippen LogP contribution in [0.1, 0.15) is 56.8 Å². The number of anilines is 1. The van der Waals surface area contributed by atoms with Crippen LogP contribution < -0.4 is 14.8 Å². The molecule has 0 bridgehead atoms. The number of nitrogens with one attached hydrogen (secondary N) is 2. The van der Waals surface area contributed by atoms with Crippen LogP contribution in [0.4, 0.5) is 10.5 Å². The summed E-state index contributed by atoms with van der Waals surface area (Å²) in [7, 11) is -1.05. The van der Waals surface area contributed by atoms with Gasteiger partial charge in [-0.05, 0) is 85.7 Å². The van der Waals surface area contributed by atoms with Crippen LogP contribution in [0, 0.1) is 6.92 Å². The molecule has 0 saturated heterocycles. The molecule has 3 aromatic carbocycles. The Hall–Kier alpha value is -4.31. The maximum Gasteiger partial charge on any atom is 0.411 e. The summed E-state index contributed by atoms with van der Waals surface area (Å²) in [6.45, 7) is 1.63. The van der Waals surface area contributed by atoms with Crippen LogP contribution in [-0.2, 0) is 28.2 Å². The Morgan fingerprint density at radius 3 is 2.56 bits per heavy atom. The molecule has 4 aromatic rings. The fourth-order valence-electron chi connectivity index (χ4n) is 4.89. The van der Waals surface area contributed by atoms with E-state index in [1.807, 2.05) is 0 Å². The first-order valence-electron chi connectivity index (χ1n) is 14.6. The number of benzene rings is 3. The molecule has 0 aliphatic heterocycles. The lowest BCUT2D eigenvalue weighted by atomic mass is 10.0. The minimum atomic E-state index is -4.15. The Morgan fingerprint density at radius 1 is 1.07 bits per heavy atom. The van der Waals surface area contributed by atoms with Gasteiger partial charge in [-0.3, -0.25) is 10.1 Å². The average Bonchev–Trinajstić information content (AvgIpc) is 3.55. The number of amides is 2. The Bertz CT molecular complexity index is 1870. The molecule has 2 amide bonds. The second-order valence-corrected chi connectivity index (χ2v) is 11.5. The standard InChI is InChI=1S/C31H33N3O6S/c1-20-8-4-7-11-29(20)41(37,38)33-30(35)22-13-12-21(28(17-22)39-3)16-23-19-34(2)27-15-14-24(18-26(23)27)32-31(36)40-25-9-5-6-10-25/h4,7-8,11-15,17-19,25H,5-6,9-10,16H2,1-3H3,(H,32,36)(H,33,35)/i16D2,25D. The predicted molar refractivity (Wildman–Crippen MR) is 157 cm³/mol. The monoisotopic (exact) mass is 578 g/mol. The highest BCUT2D eigenvalue weighted by molar-refractivity contribution is 7.90. The van der Waals surface area contributed by atoms with E-state index >= 15 is 0 Å². The van der Waals surface area contributed by atoms with E-state index in [1.54, 1.807) is 61.1 Å². The number of fused-ring (bicyclic) bond motifs is 1. The van der Waals surface area contributed by atoms with Gasteiger partial charge in [-0.1, -0.05) is 24.3 Å². The predicted octanol–water partition coefficient (Wildman–Crippen LogP) is 5.70. The van der Waals surface area contributed by atoms with E-state index in [9.17, 15) is 18.0 Å². The number of carbonyl (C=O) groups is 2. The summed E-state index contributed by atoms with van der Waals surface area (Å²) < 4.78 is 66.9. The van der Waals surface area contributed by atoms with Gasteiger partial charge < -0.3 is 14.0 Å². The van der Waals surface area contributed by atoms with E-state index in [4.69, 9.17) is 13.6 Å². The number of hydrogen-bond donors (Lipinski definition) is 2. The lowest BCUT2D eigenvalue weighted by Crippen LogP contribution is -2.31. The molecule has 214 valence electrons. The number of aryl methyl sites for hydroxylation is 2. The molecule has 9 nitrogen and oxygen atoms in total. The van der Waals surface area contributed by atoms with Gasteiger partial charge in [-0.15, -0.1) is 0 Å². The summed E-state index contributed by atoms with van der Waals surface area (Å²) in [6.07, 6.45) is 0.121. The molecular weight excluding hydrogens is 542 g/mol. The van der Waals surface area contributed by atoms with E-state index in [1.165, 1.54) is 31.4 Å². The smallest absolute Gasteiger partial charge is 0.411 e. The number of rotatable bonds is 8. The molecule has 1 saturated carbocycles. The normalized spacial score (nSPS) is 15.9. The van der Waals surface area contributed by atoms with Crippen molar-refractivity contribution in [3.8, 4) is 5.75 Å². The van der Waals surface area contributed by atoms with E-state index < -0.39 is 34.5 Å². The summed E-state index contributed by atoms with van der Waals surface area (Å²) in [5, 5.41) is 3.18. The van der Waals surface area contributed by atoms with E-state index in [0.717, 1.165) is 12.8 Å². The van der Waals surface area contributed by atoms with E-state index in [2.05, 4.69) is 10.0 Å². The highest BCUT2D eigenvalue weighted by Gasteiger charge is 2.22. The van der Waals surface area contributed by atoms with Gasteiger partial charge in [0.05, 0.1) is 13.4 Å². The number of carbonyl (C=O) groups excluding carboxylic acids is 2. The van der Waals surface area contributed by atoms with Gasteiger partial charge in [0.2, 0.25) is 0 Å². The molecule has 0 radical (unpaired) electrons. The summed E-state index contributed by atoms with van der Waals surface area (Å²) >= 11 is 0. The first-order chi connectivity index (χ1) is 20.7. The van der Waals surface area contributed by atoms with Crippen molar-refractivity contribution in [1.29, 1.82) is 0 Å². The molecule has 41 heavy (non-hydrogen) atoms. The molecule has 1 aliphatic rings. The number of hydrogen-bond acceptors (Lipinski definition) is 6. The molecule has 1 fully saturated rings. The highest BCUT2D eigenvalue weighted by atomic mass is 32.2. The lowest BCUT2D eigenvalue weighted by molar-refractivity contribution is 0.0980. The number of nitrogens with zero attached hydrogens (tertiary/aromatic N) is 1. The van der Waals surface area contributed by atoms with Crippen molar-refractivity contribution in [2.75, 3.05) is 12.4 Å². The molecule has 1 heterocycles. The zero-order chi connectivity index (χ0) is 31.9. The lowest BCUT2D eigenvalue weighted by Gasteiger charge is -2.13. The van der Waals surface area contributed by atoms with Gasteiger partial charge >= 0.3 is 6.09 Å².